The molecule has 0 bridgehead atoms. The number of ether oxygens (including phenoxy) is 2. The lowest BCUT2D eigenvalue weighted by atomic mass is 9.95. The van der Waals surface area contributed by atoms with E-state index in [4.69, 9.17) is 9.47 Å². The average molecular weight is 346 g/mol. The molecule has 4 heteroatoms. The predicted octanol–water partition coefficient (Wildman–Crippen LogP) is 4.26. The van der Waals surface area contributed by atoms with E-state index in [1.165, 1.54) is 22.3 Å². The van der Waals surface area contributed by atoms with Crippen LogP contribution >= 0.6 is 0 Å². The van der Waals surface area contributed by atoms with Crippen LogP contribution in [0.25, 0.3) is 0 Å². The number of aromatic nitrogens is 2. The molecule has 0 fully saturated rings. The van der Waals surface area contributed by atoms with Gasteiger partial charge >= 0.3 is 0 Å². The van der Waals surface area contributed by atoms with Crippen LogP contribution in [-0.4, -0.2) is 17.1 Å². The van der Waals surface area contributed by atoms with Gasteiger partial charge in [-0.05, 0) is 54.5 Å². The Hall–Kier alpha value is -2.88. The average Bonchev–Trinajstić information content (AvgIpc) is 3.10. The number of fused-ring (bicyclic) bond motifs is 1. The van der Waals surface area contributed by atoms with Crippen molar-refractivity contribution in [2.45, 2.75) is 32.3 Å². The van der Waals surface area contributed by atoms with Crippen LogP contribution < -0.4 is 9.47 Å². The highest BCUT2D eigenvalue weighted by Crippen LogP contribution is 2.35. The maximum atomic E-state index is 5.90. The van der Waals surface area contributed by atoms with Crippen LogP contribution in [0.2, 0.25) is 0 Å². The van der Waals surface area contributed by atoms with Crippen molar-refractivity contribution in [3.63, 3.8) is 0 Å². The van der Waals surface area contributed by atoms with Crippen LogP contribution in [0.3, 0.4) is 0 Å². The highest BCUT2D eigenvalue weighted by atomic mass is 16.5. The largest absolute Gasteiger partial charge is 0.487 e. The summed E-state index contributed by atoms with van der Waals surface area (Å²) in [7, 11) is 1.58. The standard InChI is InChI=1S/C22H22N2O2/c1-15-3-5-16(6-4-15)18-9-17-7-8-21(11-19(17)10-18)26-14-20-12-24-22(25-2)13-23-20/h3-8,11-13,18H,9-10,14H2,1-2H3. The van der Waals surface area contributed by atoms with E-state index >= 15 is 0 Å². The van der Waals surface area contributed by atoms with E-state index in [1.807, 2.05) is 6.07 Å². The lowest BCUT2D eigenvalue weighted by Gasteiger charge is -2.09. The zero-order valence-corrected chi connectivity index (χ0v) is 15.1. The van der Waals surface area contributed by atoms with Crippen molar-refractivity contribution in [1.82, 2.24) is 9.97 Å². The van der Waals surface area contributed by atoms with E-state index < -0.39 is 0 Å². The Morgan fingerprint density at radius 3 is 2.50 bits per heavy atom. The highest BCUT2D eigenvalue weighted by Gasteiger charge is 2.23. The molecule has 1 heterocycles. The molecule has 4 rings (SSSR count). The quantitative estimate of drug-likeness (QED) is 0.692. The molecule has 4 nitrogen and oxygen atoms in total. The molecule has 0 saturated heterocycles. The molecule has 0 spiro atoms. The van der Waals surface area contributed by atoms with E-state index in [-0.39, 0.29) is 0 Å². The van der Waals surface area contributed by atoms with Crippen molar-refractivity contribution in [2.75, 3.05) is 7.11 Å². The fourth-order valence-corrected chi connectivity index (χ4v) is 3.44. The smallest absolute Gasteiger partial charge is 0.231 e. The van der Waals surface area contributed by atoms with Gasteiger partial charge in [-0.1, -0.05) is 35.9 Å². The molecule has 0 saturated carbocycles. The number of hydrogen-bond donors (Lipinski definition) is 0. The predicted molar refractivity (Wildman–Crippen MR) is 101 cm³/mol. The van der Waals surface area contributed by atoms with Crippen molar-refractivity contribution in [3.05, 3.63) is 82.8 Å². The topological polar surface area (TPSA) is 44.2 Å². The van der Waals surface area contributed by atoms with Gasteiger partial charge in [-0.2, -0.15) is 0 Å². The summed E-state index contributed by atoms with van der Waals surface area (Å²) in [4.78, 5) is 8.44. The Morgan fingerprint density at radius 1 is 0.962 bits per heavy atom. The fourth-order valence-electron chi connectivity index (χ4n) is 3.44. The van der Waals surface area contributed by atoms with Gasteiger partial charge in [0.05, 0.1) is 25.2 Å². The van der Waals surface area contributed by atoms with Crippen molar-refractivity contribution >= 4 is 0 Å². The SMILES string of the molecule is COc1cnc(COc2ccc3c(c2)CC(c2ccc(C)cc2)C3)cn1. The number of rotatable bonds is 5. The van der Waals surface area contributed by atoms with Crippen LogP contribution in [0.5, 0.6) is 11.6 Å². The maximum absolute atomic E-state index is 5.90. The summed E-state index contributed by atoms with van der Waals surface area (Å²) in [5, 5.41) is 0. The normalized spacial score (nSPS) is 15.5. The molecule has 1 aliphatic carbocycles. The van der Waals surface area contributed by atoms with E-state index in [0.717, 1.165) is 24.3 Å². The molecule has 26 heavy (non-hydrogen) atoms. The Kier molecular flexibility index (Phi) is 4.57. The van der Waals surface area contributed by atoms with Crippen LogP contribution in [0.15, 0.2) is 54.9 Å². The lowest BCUT2D eigenvalue weighted by Crippen LogP contribution is -2.00. The number of nitrogens with zero attached hydrogens (tertiary/aromatic N) is 2. The van der Waals surface area contributed by atoms with E-state index in [0.29, 0.717) is 18.4 Å². The third-order valence-corrected chi connectivity index (χ3v) is 4.94. The monoisotopic (exact) mass is 346 g/mol. The number of hydrogen-bond acceptors (Lipinski definition) is 4. The molecule has 3 aromatic rings. The fraction of sp³-hybridized carbons (Fsp3) is 0.273. The van der Waals surface area contributed by atoms with Crippen LogP contribution in [0, 0.1) is 6.92 Å². The van der Waals surface area contributed by atoms with Crippen molar-refractivity contribution in [1.29, 1.82) is 0 Å². The van der Waals surface area contributed by atoms with Gasteiger partial charge in [0, 0.05) is 0 Å². The third kappa shape index (κ3) is 3.54. The van der Waals surface area contributed by atoms with Gasteiger partial charge in [-0.15, -0.1) is 0 Å². The van der Waals surface area contributed by atoms with Crippen LogP contribution in [0.1, 0.15) is 33.9 Å². The molecule has 1 aromatic heterocycles. The Morgan fingerprint density at radius 2 is 1.77 bits per heavy atom. The zero-order chi connectivity index (χ0) is 17.9. The summed E-state index contributed by atoms with van der Waals surface area (Å²) in [6, 6.07) is 15.3. The van der Waals surface area contributed by atoms with Crippen molar-refractivity contribution < 1.29 is 9.47 Å². The van der Waals surface area contributed by atoms with Gasteiger partial charge in [0.1, 0.15) is 12.4 Å². The van der Waals surface area contributed by atoms with Crippen LogP contribution in [-0.2, 0) is 19.4 Å². The number of methoxy groups -OCH3 is 1. The summed E-state index contributed by atoms with van der Waals surface area (Å²) < 4.78 is 10.9. The molecule has 0 radical (unpaired) electrons. The molecule has 1 aliphatic rings. The highest BCUT2D eigenvalue weighted by molar-refractivity contribution is 5.42. The molecule has 132 valence electrons. The zero-order valence-electron chi connectivity index (χ0n) is 15.1. The summed E-state index contributed by atoms with van der Waals surface area (Å²) in [6.07, 6.45) is 5.45. The first-order chi connectivity index (χ1) is 12.7. The molecule has 0 amide bonds. The Balaban J connectivity index is 1.42. The molecule has 0 aliphatic heterocycles. The minimum Gasteiger partial charge on any atom is -0.487 e. The second-order valence-electron chi connectivity index (χ2n) is 6.79. The van der Waals surface area contributed by atoms with Crippen LogP contribution in [0.4, 0.5) is 0 Å². The van der Waals surface area contributed by atoms with Gasteiger partial charge in [0.25, 0.3) is 0 Å². The maximum Gasteiger partial charge on any atom is 0.231 e. The number of aryl methyl sites for hydroxylation is 1. The molecular formula is C22H22N2O2. The minimum atomic E-state index is 0.400. The summed E-state index contributed by atoms with van der Waals surface area (Å²) >= 11 is 0. The molecule has 2 aromatic carbocycles. The van der Waals surface area contributed by atoms with E-state index in [9.17, 15) is 0 Å². The summed E-state index contributed by atoms with van der Waals surface area (Å²) in [6.45, 7) is 2.53. The van der Waals surface area contributed by atoms with E-state index in [2.05, 4.69) is 53.3 Å². The number of benzene rings is 2. The molecule has 1 unspecified atom stereocenters. The van der Waals surface area contributed by atoms with Gasteiger partial charge < -0.3 is 9.47 Å². The first-order valence-electron chi connectivity index (χ1n) is 8.87. The van der Waals surface area contributed by atoms with Gasteiger partial charge in [-0.3, -0.25) is 4.98 Å². The third-order valence-electron chi connectivity index (χ3n) is 4.94. The van der Waals surface area contributed by atoms with Gasteiger partial charge in [0.2, 0.25) is 5.88 Å². The first-order valence-corrected chi connectivity index (χ1v) is 8.87. The molecule has 1 atom stereocenters. The molecular weight excluding hydrogens is 324 g/mol. The van der Waals surface area contributed by atoms with Gasteiger partial charge in [-0.25, -0.2) is 4.98 Å². The lowest BCUT2D eigenvalue weighted by molar-refractivity contribution is 0.299. The Bertz CT molecular complexity index is 889. The molecule has 0 N–H and O–H groups in total. The van der Waals surface area contributed by atoms with E-state index in [1.54, 1.807) is 19.5 Å². The van der Waals surface area contributed by atoms with Crippen molar-refractivity contribution in [3.8, 4) is 11.6 Å². The van der Waals surface area contributed by atoms with Crippen molar-refractivity contribution in [2.24, 2.45) is 0 Å². The van der Waals surface area contributed by atoms with Gasteiger partial charge in [0.15, 0.2) is 0 Å². The minimum absolute atomic E-state index is 0.400. The first kappa shape index (κ1) is 16.6. The summed E-state index contributed by atoms with van der Waals surface area (Å²) in [5.74, 6) is 1.95. The Labute approximate surface area is 153 Å². The second-order valence-corrected chi connectivity index (χ2v) is 6.79. The summed E-state index contributed by atoms with van der Waals surface area (Å²) in [5.41, 5.74) is 6.31. The second kappa shape index (κ2) is 7.16.